The first-order valence-electron chi connectivity index (χ1n) is 8.31. The van der Waals surface area contributed by atoms with Crippen molar-refractivity contribution in [1.29, 1.82) is 0 Å². The second kappa shape index (κ2) is 9.88. The maximum Gasteiger partial charge on any atom is 0.408 e. The first-order valence-corrected chi connectivity index (χ1v) is 8.31. The topological polar surface area (TPSA) is 98.0 Å². The van der Waals surface area contributed by atoms with Crippen LogP contribution in [0.5, 0.6) is 0 Å². The van der Waals surface area contributed by atoms with Crippen LogP contribution in [0, 0.1) is 0 Å². The fraction of sp³-hybridized carbons (Fsp3) is 0.556. The van der Waals surface area contributed by atoms with Crippen LogP contribution >= 0.6 is 0 Å². The van der Waals surface area contributed by atoms with Crippen LogP contribution in [0.2, 0.25) is 0 Å². The van der Waals surface area contributed by atoms with Gasteiger partial charge in [0.25, 0.3) is 0 Å². The zero-order valence-corrected chi connectivity index (χ0v) is 15.7. The van der Waals surface area contributed by atoms with E-state index >= 15 is 0 Å². The summed E-state index contributed by atoms with van der Waals surface area (Å²) in [5.74, 6) is 0.302. The Bertz CT molecular complexity index is 555. The van der Waals surface area contributed by atoms with E-state index in [-0.39, 0.29) is 12.1 Å². The number of carbonyl (C=O) groups excluding carboxylic acids is 1. The Hall–Kier alpha value is -2.28. The van der Waals surface area contributed by atoms with E-state index in [2.05, 4.69) is 15.6 Å². The van der Waals surface area contributed by atoms with E-state index in [1.54, 1.807) is 7.11 Å². The van der Waals surface area contributed by atoms with Crippen molar-refractivity contribution in [2.24, 2.45) is 10.7 Å². The number of hydrogen-bond acceptors (Lipinski definition) is 4. The molecule has 140 valence electrons. The van der Waals surface area contributed by atoms with Crippen molar-refractivity contribution in [3.63, 3.8) is 0 Å². The van der Waals surface area contributed by atoms with Gasteiger partial charge in [-0.3, -0.25) is 4.99 Å². The highest BCUT2D eigenvalue weighted by Crippen LogP contribution is 2.15. The fourth-order valence-corrected chi connectivity index (χ4v) is 2.15. The van der Waals surface area contributed by atoms with E-state index in [4.69, 9.17) is 15.2 Å². The molecule has 0 aromatic heterocycles. The number of nitrogens with one attached hydrogen (secondary N) is 2. The van der Waals surface area contributed by atoms with Gasteiger partial charge in [0, 0.05) is 13.2 Å². The van der Waals surface area contributed by atoms with E-state index in [1.807, 2.05) is 58.0 Å². The summed E-state index contributed by atoms with van der Waals surface area (Å²) < 4.78 is 10.4. The molecule has 0 aliphatic rings. The second-order valence-corrected chi connectivity index (χ2v) is 6.84. The molecule has 4 N–H and O–H groups in total. The minimum Gasteiger partial charge on any atom is -0.444 e. The molecule has 0 radical (unpaired) electrons. The largest absolute Gasteiger partial charge is 0.444 e. The smallest absolute Gasteiger partial charge is 0.408 e. The Morgan fingerprint density at radius 1 is 1.24 bits per heavy atom. The van der Waals surface area contributed by atoms with Crippen LogP contribution in [0.1, 0.15) is 39.3 Å². The molecule has 7 nitrogen and oxygen atoms in total. The number of methoxy groups -OCH3 is 1. The van der Waals surface area contributed by atoms with Gasteiger partial charge >= 0.3 is 6.09 Å². The number of aliphatic imine (C=N–C) groups is 1. The van der Waals surface area contributed by atoms with E-state index in [0.29, 0.717) is 19.1 Å². The monoisotopic (exact) mass is 350 g/mol. The first-order chi connectivity index (χ1) is 11.7. The van der Waals surface area contributed by atoms with Gasteiger partial charge in [0.1, 0.15) is 5.60 Å². The molecule has 1 rings (SSSR count). The predicted molar refractivity (Wildman–Crippen MR) is 99.5 cm³/mol. The summed E-state index contributed by atoms with van der Waals surface area (Å²) in [5.41, 5.74) is 6.26. The Morgan fingerprint density at radius 3 is 2.44 bits per heavy atom. The SMILES string of the molecule is COCC(C)NC(N)=NCC(NC(=O)OC(C)(C)C)c1ccccc1. The standard InChI is InChI=1S/C18H30N4O3/c1-13(12-24-5)21-16(19)20-11-15(14-9-7-6-8-10-14)22-17(23)25-18(2,3)4/h6-10,13,15H,11-12H2,1-5H3,(H,22,23)(H3,19,20,21). The number of guanidine groups is 1. The molecular weight excluding hydrogens is 320 g/mol. The molecule has 0 heterocycles. The van der Waals surface area contributed by atoms with Gasteiger partial charge in [-0.15, -0.1) is 0 Å². The average molecular weight is 350 g/mol. The van der Waals surface area contributed by atoms with Gasteiger partial charge in [-0.05, 0) is 33.3 Å². The molecule has 0 saturated heterocycles. The maximum absolute atomic E-state index is 12.1. The Morgan fingerprint density at radius 2 is 1.88 bits per heavy atom. The normalized spacial score (nSPS) is 14.5. The molecule has 25 heavy (non-hydrogen) atoms. The third-order valence-electron chi connectivity index (χ3n) is 3.15. The van der Waals surface area contributed by atoms with Crippen LogP contribution < -0.4 is 16.4 Å². The van der Waals surface area contributed by atoms with Gasteiger partial charge in [0.15, 0.2) is 5.96 Å². The van der Waals surface area contributed by atoms with Crippen LogP contribution in [0.3, 0.4) is 0 Å². The molecule has 0 aliphatic heterocycles. The Balaban J connectivity index is 2.77. The summed E-state index contributed by atoms with van der Waals surface area (Å²) in [7, 11) is 1.63. The van der Waals surface area contributed by atoms with Crippen molar-refractivity contribution in [3.05, 3.63) is 35.9 Å². The minimum atomic E-state index is -0.565. The van der Waals surface area contributed by atoms with Crippen molar-refractivity contribution >= 4 is 12.1 Å². The molecule has 0 fully saturated rings. The van der Waals surface area contributed by atoms with Crippen LogP contribution in [0.15, 0.2) is 35.3 Å². The first kappa shape index (κ1) is 20.8. The number of ether oxygens (including phenoxy) is 2. The summed E-state index contributed by atoms with van der Waals surface area (Å²) in [5, 5.41) is 5.89. The summed E-state index contributed by atoms with van der Waals surface area (Å²) >= 11 is 0. The number of amides is 1. The summed E-state index contributed by atoms with van der Waals surface area (Å²) in [6.07, 6.45) is -0.490. The number of benzene rings is 1. The molecule has 0 saturated carbocycles. The number of nitrogens with zero attached hydrogens (tertiary/aromatic N) is 1. The fourth-order valence-electron chi connectivity index (χ4n) is 2.15. The van der Waals surface area contributed by atoms with E-state index in [1.165, 1.54) is 0 Å². The third kappa shape index (κ3) is 8.95. The molecule has 7 heteroatoms. The second-order valence-electron chi connectivity index (χ2n) is 6.84. The van der Waals surface area contributed by atoms with Gasteiger partial charge in [-0.25, -0.2) is 4.79 Å². The molecule has 0 spiro atoms. The Kier molecular flexibility index (Phi) is 8.21. The van der Waals surface area contributed by atoms with Gasteiger partial charge < -0.3 is 25.8 Å². The van der Waals surface area contributed by atoms with Crippen LogP contribution in [0.25, 0.3) is 0 Å². The van der Waals surface area contributed by atoms with Gasteiger partial charge in [0.2, 0.25) is 0 Å². The van der Waals surface area contributed by atoms with Crippen molar-refractivity contribution < 1.29 is 14.3 Å². The lowest BCUT2D eigenvalue weighted by Crippen LogP contribution is -2.41. The molecule has 1 aromatic rings. The molecule has 1 aromatic carbocycles. The Labute approximate surface area is 150 Å². The van der Waals surface area contributed by atoms with E-state index in [9.17, 15) is 4.79 Å². The van der Waals surface area contributed by atoms with Gasteiger partial charge in [0.05, 0.1) is 19.2 Å². The van der Waals surface area contributed by atoms with Gasteiger partial charge in [-0.1, -0.05) is 30.3 Å². The van der Waals surface area contributed by atoms with Crippen molar-refractivity contribution in [2.45, 2.75) is 45.4 Å². The van der Waals surface area contributed by atoms with E-state index in [0.717, 1.165) is 5.56 Å². The van der Waals surface area contributed by atoms with Crippen molar-refractivity contribution in [2.75, 3.05) is 20.3 Å². The lowest BCUT2D eigenvalue weighted by Gasteiger charge is -2.23. The van der Waals surface area contributed by atoms with Crippen molar-refractivity contribution in [3.8, 4) is 0 Å². The zero-order valence-electron chi connectivity index (χ0n) is 15.7. The number of rotatable bonds is 7. The van der Waals surface area contributed by atoms with Crippen LogP contribution in [-0.2, 0) is 9.47 Å². The summed E-state index contributed by atoms with van der Waals surface area (Å²) in [6, 6.07) is 9.29. The van der Waals surface area contributed by atoms with Crippen molar-refractivity contribution in [1.82, 2.24) is 10.6 Å². The maximum atomic E-state index is 12.1. The summed E-state index contributed by atoms with van der Waals surface area (Å²) in [4.78, 5) is 16.4. The number of carbonyl (C=O) groups is 1. The highest BCUT2D eigenvalue weighted by molar-refractivity contribution is 5.78. The minimum absolute atomic E-state index is 0.0442. The quantitative estimate of drug-likeness (QED) is 0.517. The van der Waals surface area contributed by atoms with Gasteiger partial charge in [-0.2, -0.15) is 0 Å². The van der Waals surface area contributed by atoms with Crippen LogP contribution in [-0.4, -0.2) is 44.0 Å². The van der Waals surface area contributed by atoms with Crippen LogP contribution in [0.4, 0.5) is 4.79 Å². The lowest BCUT2D eigenvalue weighted by atomic mass is 10.1. The zero-order chi connectivity index (χ0) is 18.9. The molecule has 2 unspecified atom stereocenters. The predicted octanol–water partition coefficient (Wildman–Crippen LogP) is 2.19. The van der Waals surface area contributed by atoms with E-state index < -0.39 is 11.7 Å². The molecule has 0 bridgehead atoms. The average Bonchev–Trinajstić information content (AvgIpc) is 2.50. The molecule has 0 aliphatic carbocycles. The third-order valence-corrected chi connectivity index (χ3v) is 3.15. The number of alkyl carbamates (subject to hydrolysis) is 1. The summed E-state index contributed by atoms with van der Waals surface area (Å²) in [6.45, 7) is 8.22. The highest BCUT2D eigenvalue weighted by Gasteiger charge is 2.20. The molecule has 2 atom stereocenters. The highest BCUT2D eigenvalue weighted by atomic mass is 16.6. The number of nitrogens with two attached hydrogens (primary N) is 1. The number of hydrogen-bond donors (Lipinski definition) is 3. The molecular formula is C18H30N4O3. The molecule has 1 amide bonds. The lowest BCUT2D eigenvalue weighted by molar-refractivity contribution is 0.0505.